The minimum absolute atomic E-state index is 0.000574. The van der Waals surface area contributed by atoms with E-state index >= 15 is 0 Å². The van der Waals surface area contributed by atoms with Crippen molar-refractivity contribution in [1.82, 2.24) is 0 Å². The molecule has 1 N–H and O–H groups in total. The summed E-state index contributed by atoms with van der Waals surface area (Å²) in [5.74, 6) is 0.000574. The van der Waals surface area contributed by atoms with Crippen LogP contribution in [-0.2, 0) is 4.79 Å². The van der Waals surface area contributed by atoms with Gasteiger partial charge >= 0.3 is 0 Å². The Kier molecular flexibility index (Phi) is 4.62. The second kappa shape index (κ2) is 5.40. The number of anilines is 1. The molecule has 0 aliphatic rings. The van der Waals surface area contributed by atoms with Crippen LogP contribution in [0.2, 0.25) is 5.02 Å². The molecule has 0 spiro atoms. The van der Waals surface area contributed by atoms with E-state index in [2.05, 4.69) is 21.2 Å². The van der Waals surface area contributed by atoms with Crippen molar-refractivity contribution < 1.29 is 4.79 Å². The van der Waals surface area contributed by atoms with Crippen LogP contribution in [-0.4, -0.2) is 5.91 Å². The van der Waals surface area contributed by atoms with Crippen molar-refractivity contribution >= 4 is 39.1 Å². The van der Waals surface area contributed by atoms with Crippen molar-refractivity contribution in [1.29, 1.82) is 0 Å². The van der Waals surface area contributed by atoms with E-state index in [0.29, 0.717) is 10.7 Å². The van der Waals surface area contributed by atoms with Gasteiger partial charge in [0.1, 0.15) is 0 Å². The quantitative estimate of drug-likeness (QED) is 0.853. The normalized spacial score (nSPS) is 11.4. The molecule has 1 aromatic carbocycles. The molecule has 1 rings (SSSR count). The van der Waals surface area contributed by atoms with Crippen molar-refractivity contribution in [3.8, 4) is 0 Å². The fraction of sp³-hybridized carbons (Fsp3) is 0.462. The lowest BCUT2D eigenvalue weighted by molar-refractivity contribution is -0.124. The van der Waals surface area contributed by atoms with E-state index in [1.807, 2.05) is 33.8 Å². The molecule has 0 saturated carbocycles. The monoisotopic (exact) mass is 317 g/mol. The molecular weight excluding hydrogens is 302 g/mol. The van der Waals surface area contributed by atoms with Crippen molar-refractivity contribution in [2.24, 2.45) is 5.41 Å². The highest BCUT2D eigenvalue weighted by Gasteiger charge is 2.25. The molecule has 0 heterocycles. The number of carbonyl (C=O) groups excluding carboxylic acids is 1. The third kappa shape index (κ3) is 3.46. The van der Waals surface area contributed by atoms with Gasteiger partial charge < -0.3 is 5.32 Å². The van der Waals surface area contributed by atoms with Gasteiger partial charge in [-0.05, 0) is 47.0 Å². The summed E-state index contributed by atoms with van der Waals surface area (Å²) in [7, 11) is 0. The predicted octanol–water partition coefficient (Wildman–Crippen LogP) is 4.79. The van der Waals surface area contributed by atoms with E-state index in [0.717, 1.165) is 16.5 Å². The summed E-state index contributed by atoms with van der Waals surface area (Å²) in [5, 5.41) is 3.55. The fourth-order valence-corrected chi connectivity index (χ4v) is 1.91. The number of hydrogen-bond donors (Lipinski definition) is 1. The molecule has 0 fully saturated rings. The predicted molar refractivity (Wildman–Crippen MR) is 76.6 cm³/mol. The molecule has 0 aliphatic carbocycles. The number of rotatable bonds is 3. The van der Waals surface area contributed by atoms with E-state index in [9.17, 15) is 4.79 Å². The lowest BCUT2D eigenvalue weighted by atomic mass is 9.89. The Labute approximate surface area is 116 Å². The van der Waals surface area contributed by atoms with Crippen molar-refractivity contribution in [2.45, 2.75) is 34.1 Å². The van der Waals surface area contributed by atoms with Gasteiger partial charge in [-0.3, -0.25) is 4.79 Å². The Hall–Kier alpha value is -0.540. The van der Waals surface area contributed by atoms with Crippen molar-refractivity contribution in [3.05, 3.63) is 27.2 Å². The van der Waals surface area contributed by atoms with E-state index in [1.54, 1.807) is 6.07 Å². The summed E-state index contributed by atoms with van der Waals surface area (Å²) in [6, 6.07) is 3.67. The van der Waals surface area contributed by atoms with Crippen LogP contribution in [0, 0.1) is 12.3 Å². The number of aryl methyl sites for hydroxylation is 1. The number of hydrogen-bond acceptors (Lipinski definition) is 1. The first-order valence-electron chi connectivity index (χ1n) is 5.55. The van der Waals surface area contributed by atoms with Gasteiger partial charge in [0.15, 0.2) is 0 Å². The number of carbonyl (C=O) groups is 1. The molecule has 0 atom stereocenters. The highest BCUT2D eigenvalue weighted by Crippen LogP contribution is 2.31. The summed E-state index contributed by atoms with van der Waals surface area (Å²) < 4.78 is 0.847. The van der Waals surface area contributed by atoms with Crippen LogP contribution in [0.15, 0.2) is 16.6 Å². The zero-order chi connectivity index (χ0) is 13.2. The molecule has 17 heavy (non-hydrogen) atoms. The molecule has 94 valence electrons. The van der Waals surface area contributed by atoms with E-state index in [-0.39, 0.29) is 11.3 Å². The number of amides is 1. The van der Waals surface area contributed by atoms with Crippen LogP contribution in [0.3, 0.4) is 0 Å². The Morgan fingerprint density at radius 3 is 2.59 bits per heavy atom. The van der Waals surface area contributed by atoms with Gasteiger partial charge in [-0.15, -0.1) is 0 Å². The fourth-order valence-electron chi connectivity index (χ4n) is 1.19. The maximum atomic E-state index is 12.0. The minimum Gasteiger partial charge on any atom is -0.325 e. The second-order valence-electron chi connectivity index (χ2n) is 4.77. The average molecular weight is 319 g/mol. The molecule has 2 nitrogen and oxygen atoms in total. The number of nitrogens with one attached hydrogen (secondary N) is 1. The van der Waals surface area contributed by atoms with Gasteiger partial charge in [-0.1, -0.05) is 32.4 Å². The molecule has 0 bridgehead atoms. The molecule has 0 saturated heterocycles. The standard InChI is InChI=1S/C13H17BrClNO/c1-5-13(3,4)12(17)16-11-7-10(15)8(2)6-9(11)14/h6-7H,5H2,1-4H3,(H,16,17). The highest BCUT2D eigenvalue weighted by atomic mass is 79.9. The van der Waals surface area contributed by atoms with Crippen molar-refractivity contribution in [3.63, 3.8) is 0 Å². The molecule has 0 radical (unpaired) electrons. The summed E-state index contributed by atoms with van der Waals surface area (Å²) in [4.78, 5) is 12.0. The zero-order valence-corrected chi connectivity index (χ0v) is 12.9. The Balaban J connectivity index is 2.97. The maximum Gasteiger partial charge on any atom is 0.230 e. The van der Waals surface area contributed by atoms with Gasteiger partial charge in [-0.2, -0.15) is 0 Å². The molecule has 1 amide bonds. The Bertz CT molecular complexity index is 443. The van der Waals surface area contributed by atoms with Gasteiger partial charge in [0.25, 0.3) is 0 Å². The lowest BCUT2D eigenvalue weighted by Gasteiger charge is -2.22. The Morgan fingerprint density at radius 1 is 1.47 bits per heavy atom. The molecule has 0 aromatic heterocycles. The third-order valence-corrected chi connectivity index (χ3v) is 4.06. The largest absolute Gasteiger partial charge is 0.325 e. The third-order valence-electron chi connectivity index (χ3n) is 3.00. The second-order valence-corrected chi connectivity index (χ2v) is 6.03. The van der Waals surface area contributed by atoms with Crippen LogP contribution in [0.4, 0.5) is 5.69 Å². The highest BCUT2D eigenvalue weighted by molar-refractivity contribution is 9.10. The summed E-state index contributed by atoms with van der Waals surface area (Å²) in [5.41, 5.74) is 1.31. The first kappa shape index (κ1) is 14.5. The summed E-state index contributed by atoms with van der Waals surface area (Å²) >= 11 is 9.47. The Morgan fingerprint density at radius 2 is 2.06 bits per heavy atom. The van der Waals surface area contributed by atoms with Gasteiger partial charge in [-0.25, -0.2) is 0 Å². The van der Waals surface area contributed by atoms with Crippen molar-refractivity contribution in [2.75, 3.05) is 5.32 Å². The maximum absolute atomic E-state index is 12.0. The molecule has 0 unspecified atom stereocenters. The first-order chi connectivity index (χ1) is 7.77. The number of halogens is 2. The number of benzene rings is 1. The van der Waals surface area contributed by atoms with E-state index < -0.39 is 0 Å². The molecular formula is C13H17BrClNO. The van der Waals surface area contributed by atoms with Gasteiger partial charge in [0.2, 0.25) is 5.91 Å². The van der Waals surface area contributed by atoms with Crippen LogP contribution in [0.5, 0.6) is 0 Å². The summed E-state index contributed by atoms with van der Waals surface area (Å²) in [6.07, 6.45) is 0.788. The van der Waals surface area contributed by atoms with Crippen LogP contribution in [0.1, 0.15) is 32.8 Å². The molecule has 1 aromatic rings. The molecule has 0 aliphatic heterocycles. The SMILES string of the molecule is CCC(C)(C)C(=O)Nc1cc(Cl)c(C)cc1Br. The topological polar surface area (TPSA) is 29.1 Å². The summed E-state index contributed by atoms with van der Waals surface area (Å²) in [6.45, 7) is 7.77. The van der Waals surface area contributed by atoms with E-state index in [4.69, 9.17) is 11.6 Å². The van der Waals surface area contributed by atoms with Crippen LogP contribution >= 0.6 is 27.5 Å². The average Bonchev–Trinajstić information content (AvgIpc) is 2.25. The van der Waals surface area contributed by atoms with Crippen LogP contribution < -0.4 is 5.32 Å². The lowest BCUT2D eigenvalue weighted by Crippen LogP contribution is -2.30. The van der Waals surface area contributed by atoms with E-state index in [1.165, 1.54) is 0 Å². The smallest absolute Gasteiger partial charge is 0.230 e. The first-order valence-corrected chi connectivity index (χ1v) is 6.72. The van der Waals surface area contributed by atoms with Gasteiger partial charge in [0, 0.05) is 14.9 Å². The molecule has 4 heteroatoms. The minimum atomic E-state index is -0.378. The van der Waals surface area contributed by atoms with Gasteiger partial charge in [0.05, 0.1) is 5.69 Å². The van der Waals surface area contributed by atoms with Crippen LogP contribution in [0.25, 0.3) is 0 Å². The zero-order valence-electron chi connectivity index (χ0n) is 10.5.